The van der Waals surface area contributed by atoms with Crippen LogP contribution < -0.4 is 5.32 Å². The minimum atomic E-state index is -0.318. The zero-order chi connectivity index (χ0) is 20.4. The maximum absolute atomic E-state index is 14.3. The number of halogens is 1. The van der Waals surface area contributed by atoms with Crippen LogP contribution in [0.2, 0.25) is 0 Å². The monoisotopic (exact) mass is 410 g/mol. The minimum Gasteiger partial charge on any atom is -0.325 e. The molecule has 1 fully saturated rings. The van der Waals surface area contributed by atoms with E-state index in [0.29, 0.717) is 22.5 Å². The topological polar surface area (TPSA) is 59.8 Å². The SMILES string of the molecule is CC(C)c1ccccc1NC(=O)CSc1nnc(-c2ccccc2F)n1C1CC1. The number of thioether (sulfide) groups is 1. The quantitative estimate of drug-likeness (QED) is 0.539. The lowest BCUT2D eigenvalue weighted by atomic mass is 10.0. The molecule has 1 heterocycles. The number of para-hydroxylation sites is 1. The third kappa shape index (κ3) is 4.34. The van der Waals surface area contributed by atoms with Crippen LogP contribution in [0.1, 0.15) is 44.2 Å². The van der Waals surface area contributed by atoms with Gasteiger partial charge in [-0.05, 0) is 42.5 Å². The maximum atomic E-state index is 14.3. The van der Waals surface area contributed by atoms with E-state index in [0.717, 1.165) is 24.1 Å². The number of hydrogen-bond acceptors (Lipinski definition) is 4. The van der Waals surface area contributed by atoms with Gasteiger partial charge < -0.3 is 5.32 Å². The van der Waals surface area contributed by atoms with Crippen LogP contribution in [0.5, 0.6) is 0 Å². The second-order valence-corrected chi connectivity index (χ2v) is 8.41. The molecular weight excluding hydrogens is 387 g/mol. The molecule has 0 atom stereocenters. The summed E-state index contributed by atoms with van der Waals surface area (Å²) in [5.74, 6) is 0.649. The summed E-state index contributed by atoms with van der Waals surface area (Å²) in [4.78, 5) is 12.5. The first-order valence-corrected chi connectivity index (χ1v) is 10.7. The summed E-state index contributed by atoms with van der Waals surface area (Å²) in [7, 11) is 0. The predicted molar refractivity (Wildman–Crippen MR) is 114 cm³/mol. The van der Waals surface area contributed by atoms with Crippen molar-refractivity contribution in [3.8, 4) is 11.4 Å². The molecule has 29 heavy (non-hydrogen) atoms. The summed E-state index contributed by atoms with van der Waals surface area (Å²) in [5.41, 5.74) is 2.38. The summed E-state index contributed by atoms with van der Waals surface area (Å²) in [6.07, 6.45) is 2.03. The number of nitrogens with one attached hydrogen (secondary N) is 1. The molecular formula is C22H23FN4OS. The highest BCUT2D eigenvalue weighted by molar-refractivity contribution is 7.99. The smallest absolute Gasteiger partial charge is 0.234 e. The van der Waals surface area contributed by atoms with Crippen molar-refractivity contribution >= 4 is 23.4 Å². The Morgan fingerprint density at radius 2 is 1.90 bits per heavy atom. The Morgan fingerprint density at radius 3 is 2.62 bits per heavy atom. The van der Waals surface area contributed by atoms with Crippen LogP contribution in [-0.2, 0) is 4.79 Å². The van der Waals surface area contributed by atoms with Gasteiger partial charge in [-0.15, -0.1) is 10.2 Å². The molecule has 0 bridgehead atoms. The Balaban J connectivity index is 1.50. The zero-order valence-corrected chi connectivity index (χ0v) is 17.2. The zero-order valence-electron chi connectivity index (χ0n) is 16.4. The standard InChI is InChI=1S/C22H23FN4OS/c1-14(2)16-7-4-6-10-19(16)24-20(28)13-29-22-26-25-21(27(22)15-11-12-15)17-8-3-5-9-18(17)23/h3-10,14-15H,11-13H2,1-2H3,(H,24,28). The summed E-state index contributed by atoms with van der Waals surface area (Å²) >= 11 is 1.33. The van der Waals surface area contributed by atoms with Crippen molar-refractivity contribution in [2.24, 2.45) is 0 Å². The van der Waals surface area contributed by atoms with Gasteiger partial charge in [0.25, 0.3) is 0 Å². The molecule has 0 spiro atoms. The van der Waals surface area contributed by atoms with Crippen molar-refractivity contribution in [2.75, 3.05) is 11.1 Å². The second kappa shape index (κ2) is 8.37. The molecule has 0 saturated heterocycles. The lowest BCUT2D eigenvalue weighted by Gasteiger charge is -2.13. The minimum absolute atomic E-state index is 0.0964. The fraction of sp³-hybridized carbons (Fsp3) is 0.318. The number of carbonyl (C=O) groups excluding carboxylic acids is 1. The summed E-state index contributed by atoms with van der Waals surface area (Å²) in [5, 5.41) is 12.1. The normalized spacial score (nSPS) is 13.7. The van der Waals surface area contributed by atoms with E-state index in [2.05, 4.69) is 29.4 Å². The van der Waals surface area contributed by atoms with Gasteiger partial charge in [0.2, 0.25) is 5.91 Å². The fourth-order valence-corrected chi connectivity index (χ4v) is 4.10. The molecule has 1 N–H and O–H groups in total. The van der Waals surface area contributed by atoms with Gasteiger partial charge in [0, 0.05) is 11.7 Å². The van der Waals surface area contributed by atoms with Gasteiger partial charge in [-0.1, -0.05) is 55.9 Å². The number of benzene rings is 2. The van der Waals surface area contributed by atoms with E-state index in [-0.39, 0.29) is 23.5 Å². The lowest BCUT2D eigenvalue weighted by molar-refractivity contribution is -0.113. The summed E-state index contributed by atoms with van der Waals surface area (Å²) in [6.45, 7) is 4.20. The Morgan fingerprint density at radius 1 is 1.17 bits per heavy atom. The molecule has 1 aliphatic carbocycles. The molecule has 150 valence electrons. The second-order valence-electron chi connectivity index (χ2n) is 7.47. The molecule has 3 aromatic rings. The van der Waals surface area contributed by atoms with Gasteiger partial charge in [-0.25, -0.2) is 4.39 Å². The molecule has 0 radical (unpaired) electrons. The van der Waals surface area contributed by atoms with Crippen molar-refractivity contribution in [3.05, 3.63) is 59.9 Å². The summed E-state index contributed by atoms with van der Waals surface area (Å²) in [6, 6.07) is 14.7. The first-order valence-electron chi connectivity index (χ1n) is 9.76. The van der Waals surface area contributed by atoms with Crippen LogP contribution in [0, 0.1) is 5.82 Å². The van der Waals surface area contributed by atoms with E-state index in [9.17, 15) is 9.18 Å². The van der Waals surface area contributed by atoms with E-state index in [4.69, 9.17) is 0 Å². The average molecular weight is 411 g/mol. The highest BCUT2D eigenvalue weighted by Gasteiger charge is 2.31. The van der Waals surface area contributed by atoms with Gasteiger partial charge >= 0.3 is 0 Å². The third-order valence-corrected chi connectivity index (χ3v) is 5.82. The van der Waals surface area contributed by atoms with E-state index < -0.39 is 0 Å². The van der Waals surface area contributed by atoms with E-state index in [1.807, 2.05) is 28.8 Å². The maximum Gasteiger partial charge on any atom is 0.234 e. The molecule has 1 aliphatic rings. The van der Waals surface area contributed by atoms with Crippen molar-refractivity contribution in [2.45, 2.75) is 43.8 Å². The van der Waals surface area contributed by atoms with Crippen molar-refractivity contribution in [3.63, 3.8) is 0 Å². The molecule has 1 aromatic heterocycles. The fourth-order valence-electron chi connectivity index (χ4n) is 3.29. The van der Waals surface area contributed by atoms with E-state index in [1.54, 1.807) is 18.2 Å². The number of hydrogen-bond donors (Lipinski definition) is 1. The molecule has 5 nitrogen and oxygen atoms in total. The van der Waals surface area contributed by atoms with Crippen LogP contribution in [0.15, 0.2) is 53.7 Å². The number of amides is 1. The Kier molecular flexibility index (Phi) is 5.67. The Bertz CT molecular complexity index is 1030. The highest BCUT2D eigenvalue weighted by Crippen LogP contribution is 2.41. The van der Waals surface area contributed by atoms with E-state index >= 15 is 0 Å². The third-order valence-electron chi connectivity index (χ3n) is 4.88. The van der Waals surface area contributed by atoms with Crippen LogP contribution >= 0.6 is 11.8 Å². The largest absolute Gasteiger partial charge is 0.325 e. The Hall–Kier alpha value is -2.67. The van der Waals surface area contributed by atoms with Crippen LogP contribution in [-0.4, -0.2) is 26.4 Å². The molecule has 4 rings (SSSR count). The van der Waals surface area contributed by atoms with Gasteiger partial charge in [0.15, 0.2) is 11.0 Å². The number of aromatic nitrogens is 3. The number of anilines is 1. The van der Waals surface area contributed by atoms with Gasteiger partial charge in [0.05, 0.1) is 11.3 Å². The first-order chi connectivity index (χ1) is 14.0. The van der Waals surface area contributed by atoms with Crippen LogP contribution in [0.3, 0.4) is 0 Å². The highest BCUT2D eigenvalue weighted by atomic mass is 32.2. The van der Waals surface area contributed by atoms with Gasteiger partial charge in [0.1, 0.15) is 5.82 Å². The molecule has 7 heteroatoms. The molecule has 1 saturated carbocycles. The van der Waals surface area contributed by atoms with Crippen molar-refractivity contribution in [1.29, 1.82) is 0 Å². The molecule has 1 amide bonds. The predicted octanol–water partition coefficient (Wildman–Crippen LogP) is 5.27. The van der Waals surface area contributed by atoms with Crippen LogP contribution in [0.25, 0.3) is 11.4 Å². The molecule has 0 aliphatic heterocycles. The van der Waals surface area contributed by atoms with Crippen LogP contribution in [0.4, 0.5) is 10.1 Å². The summed E-state index contributed by atoms with van der Waals surface area (Å²) < 4.78 is 16.2. The number of rotatable bonds is 7. The van der Waals surface area contributed by atoms with Crippen molar-refractivity contribution < 1.29 is 9.18 Å². The lowest BCUT2D eigenvalue weighted by Crippen LogP contribution is -2.16. The van der Waals surface area contributed by atoms with Gasteiger partial charge in [-0.3, -0.25) is 9.36 Å². The van der Waals surface area contributed by atoms with Gasteiger partial charge in [-0.2, -0.15) is 0 Å². The first kappa shape index (κ1) is 19.6. The molecule has 0 unspecified atom stereocenters. The average Bonchev–Trinajstić information content (AvgIpc) is 3.46. The number of carbonyl (C=O) groups is 1. The Labute approximate surface area is 173 Å². The van der Waals surface area contributed by atoms with Crippen molar-refractivity contribution in [1.82, 2.24) is 14.8 Å². The number of nitrogens with zero attached hydrogens (tertiary/aromatic N) is 3. The molecule has 2 aromatic carbocycles. The van der Waals surface area contributed by atoms with E-state index in [1.165, 1.54) is 17.8 Å².